The van der Waals surface area contributed by atoms with Crippen molar-refractivity contribution in [3.8, 4) is 5.75 Å². The van der Waals surface area contributed by atoms with Crippen LogP contribution >= 0.6 is 11.3 Å². The molecule has 1 aliphatic heterocycles. The molecule has 1 saturated heterocycles. The van der Waals surface area contributed by atoms with Crippen molar-refractivity contribution in [1.29, 1.82) is 0 Å². The van der Waals surface area contributed by atoms with Crippen LogP contribution in [-0.2, 0) is 7.05 Å². The highest BCUT2D eigenvalue weighted by molar-refractivity contribution is 7.08. The smallest absolute Gasteiger partial charge is 0.254 e. The Morgan fingerprint density at radius 2 is 2.23 bits per heavy atom. The molecule has 2 aromatic rings. The fourth-order valence-corrected chi connectivity index (χ4v) is 3.20. The van der Waals surface area contributed by atoms with Gasteiger partial charge in [-0.2, -0.15) is 11.3 Å². The molecule has 0 aromatic carbocycles. The average molecular weight is 318 g/mol. The molecule has 3 rings (SSSR count). The molecule has 0 radical (unpaired) electrons. The Labute approximate surface area is 132 Å². The number of pyridine rings is 1. The molecule has 3 heterocycles. The Kier molecular flexibility index (Phi) is 4.02. The van der Waals surface area contributed by atoms with Gasteiger partial charge in [0, 0.05) is 37.2 Å². The summed E-state index contributed by atoms with van der Waals surface area (Å²) in [6, 6.07) is 5.19. The van der Waals surface area contributed by atoms with Crippen molar-refractivity contribution in [3.05, 3.63) is 50.6 Å². The molecule has 0 bridgehead atoms. The van der Waals surface area contributed by atoms with Crippen LogP contribution in [0, 0.1) is 6.92 Å². The van der Waals surface area contributed by atoms with Crippen LogP contribution in [0.1, 0.15) is 22.5 Å². The van der Waals surface area contributed by atoms with E-state index in [1.807, 2.05) is 29.8 Å². The van der Waals surface area contributed by atoms with Crippen LogP contribution in [0.4, 0.5) is 0 Å². The summed E-state index contributed by atoms with van der Waals surface area (Å²) < 4.78 is 7.46. The zero-order valence-electron chi connectivity index (χ0n) is 12.6. The summed E-state index contributed by atoms with van der Waals surface area (Å²) in [4.78, 5) is 25.9. The monoisotopic (exact) mass is 318 g/mol. The summed E-state index contributed by atoms with van der Waals surface area (Å²) in [5, 5.41) is 3.76. The molecule has 1 aliphatic rings. The van der Waals surface area contributed by atoms with Gasteiger partial charge in [0.1, 0.15) is 11.9 Å². The maximum absolute atomic E-state index is 12.3. The van der Waals surface area contributed by atoms with E-state index >= 15 is 0 Å². The van der Waals surface area contributed by atoms with Crippen molar-refractivity contribution in [1.82, 2.24) is 9.47 Å². The normalized spacial score (nSPS) is 17.7. The van der Waals surface area contributed by atoms with Crippen LogP contribution in [0.5, 0.6) is 5.75 Å². The highest BCUT2D eigenvalue weighted by atomic mass is 32.1. The van der Waals surface area contributed by atoms with Crippen LogP contribution in [0.25, 0.3) is 0 Å². The van der Waals surface area contributed by atoms with Gasteiger partial charge in [0.2, 0.25) is 0 Å². The van der Waals surface area contributed by atoms with Gasteiger partial charge in [-0.3, -0.25) is 9.59 Å². The Balaban J connectivity index is 1.66. The molecule has 2 aromatic heterocycles. The quantitative estimate of drug-likeness (QED) is 0.870. The number of nitrogens with zero attached hydrogens (tertiary/aromatic N) is 2. The van der Waals surface area contributed by atoms with Gasteiger partial charge >= 0.3 is 0 Å². The van der Waals surface area contributed by atoms with Gasteiger partial charge in [-0.05, 0) is 24.4 Å². The van der Waals surface area contributed by atoms with E-state index < -0.39 is 0 Å². The Morgan fingerprint density at radius 3 is 2.91 bits per heavy atom. The molecule has 1 amide bonds. The summed E-state index contributed by atoms with van der Waals surface area (Å²) in [6.45, 7) is 3.11. The molecule has 1 fully saturated rings. The molecular formula is C16H18N2O3S. The fraction of sp³-hybridized carbons (Fsp3) is 0.375. The maximum atomic E-state index is 12.3. The van der Waals surface area contributed by atoms with E-state index in [1.165, 1.54) is 17.4 Å². The minimum absolute atomic E-state index is 0.0486. The zero-order chi connectivity index (χ0) is 15.7. The summed E-state index contributed by atoms with van der Waals surface area (Å²) >= 11 is 1.52. The van der Waals surface area contributed by atoms with Crippen LogP contribution < -0.4 is 10.3 Å². The third kappa shape index (κ3) is 2.92. The number of rotatable bonds is 3. The van der Waals surface area contributed by atoms with Gasteiger partial charge in [0.15, 0.2) is 0 Å². The number of amides is 1. The highest BCUT2D eigenvalue weighted by Gasteiger charge is 2.28. The molecular weight excluding hydrogens is 300 g/mol. The first kappa shape index (κ1) is 14.8. The van der Waals surface area contributed by atoms with Crippen molar-refractivity contribution in [2.45, 2.75) is 19.4 Å². The summed E-state index contributed by atoms with van der Waals surface area (Å²) in [6.07, 6.45) is 0.721. The van der Waals surface area contributed by atoms with Gasteiger partial charge in [-0.25, -0.2) is 0 Å². The predicted octanol–water partition coefficient (Wildman–Crippen LogP) is 2.05. The lowest BCUT2D eigenvalue weighted by Gasteiger charge is -2.17. The van der Waals surface area contributed by atoms with E-state index in [-0.39, 0.29) is 17.6 Å². The highest BCUT2D eigenvalue weighted by Crippen LogP contribution is 2.20. The van der Waals surface area contributed by atoms with Crippen molar-refractivity contribution in [2.24, 2.45) is 7.05 Å². The van der Waals surface area contributed by atoms with Crippen LogP contribution in [0.15, 0.2) is 33.8 Å². The van der Waals surface area contributed by atoms with E-state index in [0.29, 0.717) is 18.8 Å². The number of ether oxygens (including phenoxy) is 1. The van der Waals surface area contributed by atoms with Gasteiger partial charge in [-0.15, -0.1) is 0 Å². The third-order valence-corrected chi connectivity index (χ3v) is 4.66. The zero-order valence-corrected chi connectivity index (χ0v) is 13.4. The summed E-state index contributed by atoms with van der Waals surface area (Å²) in [5.41, 5.74) is 1.50. The molecule has 1 atom stereocenters. The Hall–Kier alpha value is -2.08. The number of aryl methyl sites for hydroxylation is 1. The van der Waals surface area contributed by atoms with Gasteiger partial charge in [-0.1, -0.05) is 0 Å². The van der Waals surface area contributed by atoms with Crippen LogP contribution in [0.2, 0.25) is 0 Å². The van der Waals surface area contributed by atoms with Crippen LogP contribution in [-0.4, -0.2) is 34.6 Å². The average Bonchev–Trinajstić information content (AvgIpc) is 3.15. The second-order valence-corrected chi connectivity index (χ2v) is 6.30. The molecule has 6 heteroatoms. The number of hydrogen-bond donors (Lipinski definition) is 0. The molecule has 0 spiro atoms. The van der Waals surface area contributed by atoms with E-state index in [4.69, 9.17) is 4.74 Å². The lowest BCUT2D eigenvalue weighted by molar-refractivity contribution is 0.0773. The minimum atomic E-state index is -0.0841. The molecule has 0 saturated carbocycles. The van der Waals surface area contributed by atoms with Crippen LogP contribution in [0.3, 0.4) is 0 Å². The van der Waals surface area contributed by atoms with E-state index in [0.717, 1.165) is 17.7 Å². The Bertz CT molecular complexity index is 736. The lowest BCUT2D eigenvalue weighted by atomic mass is 10.3. The number of carbonyl (C=O) groups is 1. The second-order valence-electron chi connectivity index (χ2n) is 5.52. The van der Waals surface area contributed by atoms with Crippen molar-refractivity contribution in [2.75, 3.05) is 13.1 Å². The number of thiophene rings is 1. The molecule has 116 valence electrons. The molecule has 5 nitrogen and oxygen atoms in total. The maximum Gasteiger partial charge on any atom is 0.254 e. The molecule has 22 heavy (non-hydrogen) atoms. The first-order chi connectivity index (χ1) is 10.5. The Morgan fingerprint density at radius 1 is 1.41 bits per heavy atom. The number of aromatic nitrogens is 1. The first-order valence-electron chi connectivity index (χ1n) is 7.20. The summed E-state index contributed by atoms with van der Waals surface area (Å²) in [5.74, 6) is 0.628. The first-order valence-corrected chi connectivity index (χ1v) is 8.14. The fourth-order valence-electron chi connectivity index (χ4n) is 2.57. The van der Waals surface area contributed by atoms with E-state index in [1.54, 1.807) is 16.5 Å². The van der Waals surface area contributed by atoms with Gasteiger partial charge < -0.3 is 14.2 Å². The van der Waals surface area contributed by atoms with Crippen molar-refractivity contribution in [3.63, 3.8) is 0 Å². The molecule has 0 aliphatic carbocycles. The van der Waals surface area contributed by atoms with Crippen molar-refractivity contribution < 1.29 is 9.53 Å². The molecule has 0 N–H and O–H groups in total. The molecule has 1 unspecified atom stereocenters. The number of hydrogen-bond acceptors (Lipinski definition) is 4. The van der Waals surface area contributed by atoms with Crippen molar-refractivity contribution >= 4 is 17.2 Å². The lowest BCUT2D eigenvalue weighted by Crippen LogP contribution is -2.30. The topological polar surface area (TPSA) is 51.5 Å². The number of likely N-dealkylation sites (tertiary alicyclic amines) is 1. The largest absolute Gasteiger partial charge is 0.488 e. The second kappa shape index (κ2) is 5.96. The predicted molar refractivity (Wildman–Crippen MR) is 85.7 cm³/mol. The SMILES string of the molecule is Cc1cc(OC2CCN(C(=O)c3ccsc3)C2)cc(=O)n1C. The van der Waals surface area contributed by atoms with Gasteiger partial charge in [0.05, 0.1) is 12.1 Å². The standard InChI is InChI=1S/C16H18N2O3S/c1-11-7-14(8-15(19)17(11)2)21-13-3-5-18(9-13)16(20)12-4-6-22-10-12/h4,6-8,10,13H,3,5,9H2,1-2H3. The number of carbonyl (C=O) groups excluding carboxylic acids is 1. The van der Waals surface area contributed by atoms with E-state index in [9.17, 15) is 9.59 Å². The van der Waals surface area contributed by atoms with Gasteiger partial charge in [0.25, 0.3) is 11.5 Å². The van der Waals surface area contributed by atoms with E-state index in [2.05, 4.69) is 0 Å². The third-order valence-electron chi connectivity index (χ3n) is 3.98. The summed E-state index contributed by atoms with van der Waals surface area (Å²) in [7, 11) is 1.73. The minimum Gasteiger partial charge on any atom is -0.488 e.